The number of H-pyrrole nitrogens is 1. The van der Waals surface area contributed by atoms with Crippen LogP contribution >= 0.6 is 0 Å². The molecule has 1 aromatic heterocycles. The van der Waals surface area contributed by atoms with Gasteiger partial charge in [0.05, 0.1) is 4.90 Å². The summed E-state index contributed by atoms with van der Waals surface area (Å²) in [5.41, 5.74) is 0.933. The summed E-state index contributed by atoms with van der Waals surface area (Å²) >= 11 is 0. The summed E-state index contributed by atoms with van der Waals surface area (Å²) in [6.45, 7) is 0.173. The molecular weight excluding hydrogens is 345 g/mol. The van der Waals surface area contributed by atoms with Crippen LogP contribution in [0.25, 0.3) is 10.9 Å². The molecule has 130 valence electrons. The van der Waals surface area contributed by atoms with Crippen molar-refractivity contribution in [3.63, 3.8) is 0 Å². The first-order chi connectivity index (χ1) is 12.0. The largest absolute Gasteiger partial charge is 0.351 e. The van der Waals surface area contributed by atoms with Crippen molar-refractivity contribution in [3.05, 3.63) is 66.1 Å². The van der Waals surface area contributed by atoms with Gasteiger partial charge in [0, 0.05) is 24.0 Å². The number of hydrogen-bond acceptors (Lipinski definition) is 3. The molecule has 0 saturated carbocycles. The topological polar surface area (TPSA) is 91.1 Å². The maximum absolute atomic E-state index is 13.2. The molecule has 6 nitrogen and oxygen atoms in total. The molecule has 0 spiro atoms. The second-order valence-electron chi connectivity index (χ2n) is 5.38. The molecule has 0 bridgehead atoms. The van der Waals surface area contributed by atoms with Gasteiger partial charge in [-0.05, 0) is 36.4 Å². The third kappa shape index (κ3) is 4.04. The van der Waals surface area contributed by atoms with Crippen molar-refractivity contribution in [1.82, 2.24) is 15.0 Å². The lowest BCUT2D eigenvalue weighted by molar-refractivity contribution is 0.0950. The number of fused-ring (bicyclic) bond motifs is 1. The second-order valence-corrected chi connectivity index (χ2v) is 7.15. The highest BCUT2D eigenvalue weighted by Gasteiger charge is 2.13. The Labute approximate surface area is 144 Å². The molecule has 3 rings (SSSR count). The van der Waals surface area contributed by atoms with Crippen LogP contribution in [0.1, 0.15) is 10.5 Å². The number of benzene rings is 2. The minimum Gasteiger partial charge on any atom is -0.351 e. The van der Waals surface area contributed by atoms with Crippen LogP contribution in [0.15, 0.2) is 59.5 Å². The zero-order valence-corrected chi connectivity index (χ0v) is 13.9. The van der Waals surface area contributed by atoms with Gasteiger partial charge in [-0.1, -0.05) is 18.2 Å². The Hall–Kier alpha value is -2.71. The van der Waals surface area contributed by atoms with Gasteiger partial charge < -0.3 is 10.3 Å². The fourth-order valence-corrected chi connectivity index (χ4v) is 3.42. The van der Waals surface area contributed by atoms with Gasteiger partial charge in [-0.3, -0.25) is 4.79 Å². The van der Waals surface area contributed by atoms with Gasteiger partial charge in [0.25, 0.3) is 5.91 Å². The van der Waals surface area contributed by atoms with Crippen LogP contribution in [0, 0.1) is 5.82 Å². The number of sulfonamides is 1. The first-order valence-corrected chi connectivity index (χ1v) is 9.05. The van der Waals surface area contributed by atoms with Crippen LogP contribution in [0.3, 0.4) is 0 Å². The summed E-state index contributed by atoms with van der Waals surface area (Å²) in [4.78, 5) is 15.1. The number of carbonyl (C=O) groups excluding carboxylic acids is 1. The zero-order chi connectivity index (χ0) is 17.9. The molecule has 3 N–H and O–H groups in total. The van der Waals surface area contributed by atoms with E-state index in [1.807, 2.05) is 0 Å². The maximum Gasteiger partial charge on any atom is 0.267 e. The lowest BCUT2D eigenvalue weighted by Crippen LogP contribution is -2.34. The predicted molar refractivity (Wildman–Crippen MR) is 92.2 cm³/mol. The predicted octanol–water partition coefficient (Wildman–Crippen LogP) is 2.02. The standard InChI is InChI=1S/C17H16FN3O3S/c18-13-6-7-15-12(10-13)11-16(21-15)17(22)19-8-9-20-25(23,24)14-4-2-1-3-5-14/h1-7,10-11,20-21H,8-9H2,(H,19,22). The second kappa shape index (κ2) is 7.04. The van der Waals surface area contributed by atoms with E-state index in [0.29, 0.717) is 10.9 Å². The van der Waals surface area contributed by atoms with E-state index in [0.717, 1.165) is 0 Å². The molecule has 0 saturated heterocycles. The molecule has 1 amide bonds. The van der Waals surface area contributed by atoms with E-state index in [1.165, 1.54) is 24.3 Å². The Morgan fingerprint density at radius 2 is 1.80 bits per heavy atom. The van der Waals surface area contributed by atoms with E-state index >= 15 is 0 Å². The quantitative estimate of drug-likeness (QED) is 0.587. The van der Waals surface area contributed by atoms with Crippen LogP contribution in [-0.2, 0) is 10.0 Å². The molecule has 1 heterocycles. The van der Waals surface area contributed by atoms with E-state index in [2.05, 4.69) is 15.0 Å². The molecule has 0 aliphatic carbocycles. The van der Waals surface area contributed by atoms with Gasteiger partial charge in [0.15, 0.2) is 0 Å². The van der Waals surface area contributed by atoms with E-state index in [1.54, 1.807) is 30.3 Å². The van der Waals surface area contributed by atoms with Crippen LogP contribution in [-0.4, -0.2) is 32.4 Å². The number of hydrogen-bond donors (Lipinski definition) is 3. The van der Waals surface area contributed by atoms with Crippen molar-refractivity contribution >= 4 is 26.8 Å². The number of amides is 1. The summed E-state index contributed by atoms with van der Waals surface area (Å²) < 4.78 is 39.6. The molecule has 0 unspecified atom stereocenters. The van der Waals surface area contributed by atoms with Crippen molar-refractivity contribution in [2.24, 2.45) is 0 Å². The van der Waals surface area contributed by atoms with Gasteiger partial charge in [0.1, 0.15) is 11.5 Å². The average Bonchev–Trinajstić information content (AvgIpc) is 3.02. The number of aromatic nitrogens is 1. The van der Waals surface area contributed by atoms with Crippen molar-refractivity contribution < 1.29 is 17.6 Å². The summed E-state index contributed by atoms with van der Waals surface area (Å²) in [6, 6.07) is 13.7. The highest BCUT2D eigenvalue weighted by atomic mass is 32.2. The first-order valence-electron chi connectivity index (χ1n) is 7.57. The first kappa shape index (κ1) is 17.1. The maximum atomic E-state index is 13.2. The van der Waals surface area contributed by atoms with E-state index < -0.39 is 15.9 Å². The van der Waals surface area contributed by atoms with E-state index in [4.69, 9.17) is 0 Å². The van der Waals surface area contributed by atoms with Crippen molar-refractivity contribution in [2.45, 2.75) is 4.90 Å². The summed E-state index contributed by atoms with van der Waals surface area (Å²) in [5.74, 6) is -0.774. The van der Waals surface area contributed by atoms with Crippen molar-refractivity contribution in [1.29, 1.82) is 0 Å². The summed E-state index contributed by atoms with van der Waals surface area (Å²) in [5, 5.41) is 3.20. The van der Waals surface area contributed by atoms with E-state index in [-0.39, 0.29) is 29.5 Å². The monoisotopic (exact) mass is 361 g/mol. The highest BCUT2D eigenvalue weighted by Crippen LogP contribution is 2.16. The average molecular weight is 361 g/mol. The molecule has 0 atom stereocenters. The normalized spacial score (nSPS) is 11.6. The van der Waals surface area contributed by atoms with Crippen LogP contribution in [0.2, 0.25) is 0 Å². The smallest absolute Gasteiger partial charge is 0.267 e. The van der Waals surface area contributed by atoms with Crippen LogP contribution in [0.5, 0.6) is 0 Å². The van der Waals surface area contributed by atoms with Crippen LogP contribution in [0.4, 0.5) is 4.39 Å². The van der Waals surface area contributed by atoms with Gasteiger partial charge in [-0.25, -0.2) is 17.5 Å². The number of aromatic amines is 1. The molecule has 3 aromatic rings. The number of carbonyl (C=O) groups is 1. The highest BCUT2D eigenvalue weighted by molar-refractivity contribution is 7.89. The fourth-order valence-electron chi connectivity index (χ4n) is 2.37. The Kier molecular flexibility index (Phi) is 4.82. The fraction of sp³-hybridized carbons (Fsp3) is 0.118. The van der Waals surface area contributed by atoms with E-state index in [9.17, 15) is 17.6 Å². The molecule has 0 radical (unpaired) electrons. The SMILES string of the molecule is O=C(NCCNS(=O)(=O)c1ccccc1)c1cc2cc(F)ccc2[nH]1. The minimum atomic E-state index is -3.60. The van der Waals surface area contributed by atoms with Gasteiger partial charge in [0.2, 0.25) is 10.0 Å². The van der Waals surface area contributed by atoms with Gasteiger partial charge in [-0.2, -0.15) is 0 Å². The van der Waals surface area contributed by atoms with Crippen LogP contribution < -0.4 is 10.0 Å². The summed E-state index contributed by atoms with van der Waals surface area (Å²) in [7, 11) is -3.60. The molecule has 0 aliphatic rings. The molecule has 2 aromatic carbocycles. The third-order valence-corrected chi connectivity index (χ3v) is 5.06. The molecule has 0 fully saturated rings. The van der Waals surface area contributed by atoms with Gasteiger partial charge in [-0.15, -0.1) is 0 Å². The van der Waals surface area contributed by atoms with Crippen molar-refractivity contribution in [3.8, 4) is 0 Å². The number of nitrogens with one attached hydrogen (secondary N) is 3. The molecular formula is C17H16FN3O3S. The zero-order valence-electron chi connectivity index (χ0n) is 13.1. The molecule has 0 aliphatic heterocycles. The lowest BCUT2D eigenvalue weighted by atomic mass is 10.2. The Morgan fingerprint density at radius 1 is 1.04 bits per heavy atom. The number of rotatable bonds is 6. The van der Waals surface area contributed by atoms with Crippen molar-refractivity contribution in [2.75, 3.05) is 13.1 Å². The minimum absolute atomic E-state index is 0.0534. The Morgan fingerprint density at radius 3 is 2.56 bits per heavy atom. The Bertz CT molecular complexity index is 1000. The summed E-state index contributed by atoms with van der Waals surface area (Å²) in [6.07, 6.45) is 0. The lowest BCUT2D eigenvalue weighted by Gasteiger charge is -2.07. The molecule has 8 heteroatoms. The van der Waals surface area contributed by atoms with Gasteiger partial charge >= 0.3 is 0 Å². The molecule has 25 heavy (non-hydrogen) atoms. The third-order valence-electron chi connectivity index (χ3n) is 3.58. The Balaban J connectivity index is 1.55. The number of halogens is 1.